The van der Waals surface area contributed by atoms with E-state index in [0.717, 1.165) is 12.2 Å². The van der Waals surface area contributed by atoms with E-state index in [1.54, 1.807) is 26.0 Å². The van der Waals surface area contributed by atoms with Gasteiger partial charge in [0.2, 0.25) is 0 Å². The van der Waals surface area contributed by atoms with Crippen molar-refractivity contribution in [3.8, 4) is 0 Å². The van der Waals surface area contributed by atoms with E-state index in [4.69, 9.17) is 18.9 Å². The number of hydrogen-bond acceptors (Lipinski definition) is 10. The van der Waals surface area contributed by atoms with E-state index in [2.05, 4.69) is 13.2 Å². The minimum absolute atomic E-state index is 0.0533. The molecule has 0 aliphatic carbocycles. The fourth-order valence-electron chi connectivity index (χ4n) is 2.97. The molecule has 1 aromatic carbocycles. The largest absolute Gasteiger partial charge is 0.460 e. The normalized spacial score (nSPS) is 13.9. The Kier molecular flexibility index (Phi) is 13.8. The fourth-order valence-corrected chi connectivity index (χ4v) is 2.97. The van der Waals surface area contributed by atoms with Crippen molar-refractivity contribution in [1.82, 2.24) is 0 Å². The van der Waals surface area contributed by atoms with Crippen LogP contribution in [0.4, 0.5) is 0 Å². The zero-order chi connectivity index (χ0) is 27.1. The number of esters is 4. The molecule has 1 aromatic rings. The second kappa shape index (κ2) is 16.2. The Morgan fingerprint density at radius 1 is 0.750 bits per heavy atom. The van der Waals surface area contributed by atoms with Gasteiger partial charge in [-0.3, -0.25) is 0 Å². The molecule has 0 aliphatic heterocycles. The number of aliphatic hydroxyl groups excluding tert-OH is 2. The van der Waals surface area contributed by atoms with E-state index >= 15 is 0 Å². The third kappa shape index (κ3) is 11.8. The van der Waals surface area contributed by atoms with Crippen molar-refractivity contribution in [3.63, 3.8) is 0 Å². The van der Waals surface area contributed by atoms with Crippen LogP contribution in [0.1, 0.15) is 60.2 Å². The lowest BCUT2D eigenvalue weighted by molar-refractivity contribution is -0.143. The van der Waals surface area contributed by atoms with Gasteiger partial charge in [0.05, 0.1) is 35.5 Å². The maximum Gasteiger partial charge on any atom is 0.339 e. The molecule has 1 rings (SSSR count). The topological polar surface area (TPSA) is 146 Å². The van der Waals surface area contributed by atoms with Crippen molar-refractivity contribution in [1.29, 1.82) is 0 Å². The molecule has 0 amide bonds. The third-order valence-electron chi connectivity index (χ3n) is 4.96. The van der Waals surface area contributed by atoms with Crippen molar-refractivity contribution in [2.24, 2.45) is 0 Å². The fraction of sp³-hybridized carbons (Fsp3) is 0.462. The molecule has 4 unspecified atom stereocenters. The van der Waals surface area contributed by atoms with E-state index in [-0.39, 0.29) is 37.2 Å². The van der Waals surface area contributed by atoms with Gasteiger partial charge >= 0.3 is 23.9 Å². The van der Waals surface area contributed by atoms with E-state index in [9.17, 15) is 29.4 Å². The maximum atomic E-state index is 12.5. The lowest BCUT2D eigenvalue weighted by Crippen LogP contribution is -2.24. The number of carbonyl (C=O) groups excluding carboxylic acids is 4. The molecule has 4 atom stereocenters. The van der Waals surface area contributed by atoms with Crippen molar-refractivity contribution in [2.45, 2.75) is 63.9 Å². The molecule has 0 spiro atoms. The summed E-state index contributed by atoms with van der Waals surface area (Å²) in [5.74, 6) is -2.79. The summed E-state index contributed by atoms with van der Waals surface area (Å²) in [6, 6.07) is 5.85. The highest BCUT2D eigenvalue weighted by Gasteiger charge is 2.21. The maximum absolute atomic E-state index is 12.5. The number of carbonyl (C=O) groups is 4. The van der Waals surface area contributed by atoms with Gasteiger partial charge in [0.25, 0.3) is 0 Å². The van der Waals surface area contributed by atoms with Crippen LogP contribution in [-0.2, 0) is 28.5 Å². The Morgan fingerprint density at radius 3 is 1.44 bits per heavy atom. The Morgan fingerprint density at radius 2 is 1.11 bits per heavy atom. The highest BCUT2D eigenvalue weighted by Crippen LogP contribution is 2.14. The van der Waals surface area contributed by atoms with Gasteiger partial charge in [0.15, 0.2) is 0 Å². The summed E-state index contributed by atoms with van der Waals surface area (Å²) in [6.07, 6.45) is 0.316. The third-order valence-corrected chi connectivity index (χ3v) is 4.96. The summed E-state index contributed by atoms with van der Waals surface area (Å²) < 4.78 is 20.3. The molecule has 10 heteroatoms. The summed E-state index contributed by atoms with van der Waals surface area (Å²) >= 11 is 0. The smallest absolute Gasteiger partial charge is 0.339 e. The van der Waals surface area contributed by atoms with Crippen LogP contribution in [-0.4, -0.2) is 71.7 Å². The molecular formula is C26H34O10. The van der Waals surface area contributed by atoms with Crippen LogP contribution in [0, 0.1) is 0 Å². The number of aliphatic hydroxyl groups is 2. The van der Waals surface area contributed by atoms with Crippen LogP contribution >= 0.6 is 0 Å². The molecule has 0 radical (unpaired) electrons. The average molecular weight is 507 g/mol. The van der Waals surface area contributed by atoms with E-state index in [0.29, 0.717) is 12.8 Å². The molecule has 0 saturated heterocycles. The number of hydrogen-bond donors (Lipinski definition) is 2. The van der Waals surface area contributed by atoms with Crippen LogP contribution in [0.25, 0.3) is 0 Å². The average Bonchev–Trinajstić information content (AvgIpc) is 2.87. The predicted octanol–water partition coefficient (Wildman–Crippen LogP) is 2.52. The van der Waals surface area contributed by atoms with Crippen LogP contribution in [0.15, 0.2) is 49.6 Å². The van der Waals surface area contributed by atoms with Crippen LogP contribution in [0.2, 0.25) is 0 Å². The van der Waals surface area contributed by atoms with Gasteiger partial charge in [-0.1, -0.05) is 25.3 Å². The van der Waals surface area contributed by atoms with Gasteiger partial charge in [-0.25, -0.2) is 19.2 Å². The Bertz CT molecular complexity index is 837. The highest BCUT2D eigenvalue weighted by atomic mass is 16.6. The minimum atomic E-state index is -0.999. The lowest BCUT2D eigenvalue weighted by atomic mass is 10.1. The van der Waals surface area contributed by atoms with E-state index < -0.39 is 48.3 Å². The standard InChI is InChI=1S/C26H34O10/c1-5-23(29)35-17(3)11-13-19(27)15-33-25(31)21-9-7-8-10-22(21)26(32)34-16-20(28)14-12-18(4)36-24(30)6-2/h5-10,17-20,27-28H,1-2,11-16H2,3-4H3. The van der Waals surface area contributed by atoms with Crippen molar-refractivity contribution in [2.75, 3.05) is 13.2 Å². The van der Waals surface area contributed by atoms with Crippen molar-refractivity contribution < 1.29 is 48.3 Å². The van der Waals surface area contributed by atoms with Gasteiger partial charge < -0.3 is 29.2 Å². The molecule has 0 bridgehead atoms. The van der Waals surface area contributed by atoms with Crippen LogP contribution in [0.3, 0.4) is 0 Å². The first kappa shape index (κ1) is 30.5. The zero-order valence-corrected chi connectivity index (χ0v) is 20.6. The Balaban J connectivity index is 2.53. The molecule has 0 aromatic heterocycles. The SMILES string of the molecule is C=CC(=O)OC(C)CCC(O)COC(=O)c1ccccc1C(=O)OCC(O)CCC(C)OC(=O)C=C. The number of ether oxygens (including phenoxy) is 4. The summed E-state index contributed by atoms with van der Waals surface area (Å²) in [7, 11) is 0. The van der Waals surface area contributed by atoms with Gasteiger partial charge in [-0.2, -0.15) is 0 Å². The zero-order valence-electron chi connectivity index (χ0n) is 20.6. The predicted molar refractivity (Wildman–Crippen MR) is 129 cm³/mol. The summed E-state index contributed by atoms with van der Waals surface area (Å²) in [4.78, 5) is 47.4. The second-order valence-corrected chi connectivity index (χ2v) is 8.11. The molecule has 0 heterocycles. The molecule has 0 saturated carbocycles. The van der Waals surface area contributed by atoms with Gasteiger partial charge in [0, 0.05) is 12.2 Å². The summed E-state index contributed by atoms with van der Waals surface area (Å²) in [6.45, 7) is 9.30. The number of benzene rings is 1. The van der Waals surface area contributed by atoms with Crippen LogP contribution < -0.4 is 0 Å². The quantitative estimate of drug-likeness (QED) is 0.195. The second-order valence-electron chi connectivity index (χ2n) is 8.11. The summed E-state index contributed by atoms with van der Waals surface area (Å²) in [5, 5.41) is 20.1. The molecule has 10 nitrogen and oxygen atoms in total. The summed E-state index contributed by atoms with van der Waals surface area (Å²) in [5.41, 5.74) is -0.107. The first-order valence-corrected chi connectivity index (χ1v) is 11.5. The first-order valence-electron chi connectivity index (χ1n) is 11.5. The Hall–Kier alpha value is -3.50. The molecule has 2 N–H and O–H groups in total. The molecule has 0 fully saturated rings. The van der Waals surface area contributed by atoms with Gasteiger partial charge in [0.1, 0.15) is 13.2 Å². The van der Waals surface area contributed by atoms with E-state index in [1.165, 1.54) is 12.1 Å². The first-order chi connectivity index (χ1) is 17.1. The lowest BCUT2D eigenvalue weighted by Gasteiger charge is -2.16. The highest BCUT2D eigenvalue weighted by molar-refractivity contribution is 6.03. The minimum Gasteiger partial charge on any atom is -0.460 e. The molecule has 198 valence electrons. The van der Waals surface area contributed by atoms with E-state index in [1.807, 2.05) is 0 Å². The van der Waals surface area contributed by atoms with Gasteiger partial charge in [-0.05, 0) is 51.7 Å². The molecule has 36 heavy (non-hydrogen) atoms. The molecular weight excluding hydrogens is 472 g/mol. The Labute approximate surface area is 210 Å². The number of rotatable bonds is 16. The van der Waals surface area contributed by atoms with Crippen LogP contribution in [0.5, 0.6) is 0 Å². The van der Waals surface area contributed by atoms with Gasteiger partial charge in [-0.15, -0.1) is 0 Å². The molecule has 0 aliphatic rings. The monoisotopic (exact) mass is 506 g/mol. The van der Waals surface area contributed by atoms with Crippen molar-refractivity contribution >= 4 is 23.9 Å². The van der Waals surface area contributed by atoms with Crippen molar-refractivity contribution in [3.05, 3.63) is 60.7 Å².